The zero-order chi connectivity index (χ0) is 25.2. The van der Waals surface area contributed by atoms with Crippen LogP contribution in [0.15, 0.2) is 0 Å². The molecule has 10 nitrogen and oxygen atoms in total. The van der Waals surface area contributed by atoms with Gasteiger partial charge in [0, 0.05) is 13.1 Å². The molecule has 0 amide bonds. The van der Waals surface area contributed by atoms with Crippen LogP contribution in [0.3, 0.4) is 0 Å². The molecular formula is C18H40N4Ni2O6S4. The van der Waals surface area contributed by atoms with Crippen molar-refractivity contribution in [1.82, 2.24) is 19.6 Å². The Balaban J connectivity index is -0.000000250. The first-order valence-corrected chi connectivity index (χ1v) is 14.8. The van der Waals surface area contributed by atoms with Gasteiger partial charge in [0.15, 0.2) is 0 Å². The average Bonchev–Trinajstić information content (AvgIpc) is 2.65. The molecule has 0 saturated heterocycles. The molecule has 0 fully saturated rings. The van der Waals surface area contributed by atoms with Gasteiger partial charge in [-0.25, -0.2) is 16.8 Å². The Bertz CT molecular complexity index is 607. The molecule has 0 atom stereocenters. The maximum absolute atomic E-state index is 10.4. The van der Waals surface area contributed by atoms with Crippen molar-refractivity contribution in [3.8, 4) is 0 Å². The van der Waals surface area contributed by atoms with Crippen molar-refractivity contribution in [2.75, 3.05) is 104 Å². The maximum Gasteiger partial charge on any atom is 2.00 e. The van der Waals surface area contributed by atoms with Crippen LogP contribution in [0.5, 0.6) is 0 Å². The Morgan fingerprint density at radius 3 is 0.971 bits per heavy atom. The van der Waals surface area contributed by atoms with Gasteiger partial charge in [-0.15, -0.1) is 0 Å². The fourth-order valence-corrected chi connectivity index (χ4v) is 4.21. The molecule has 0 aliphatic heterocycles. The van der Waals surface area contributed by atoms with Crippen LogP contribution < -0.4 is 0 Å². The number of rotatable bonds is 18. The van der Waals surface area contributed by atoms with E-state index in [1.165, 1.54) is 0 Å². The largest absolute Gasteiger partial charge is 2.00 e. The summed E-state index contributed by atoms with van der Waals surface area (Å²) in [4.78, 5) is 8.00. The summed E-state index contributed by atoms with van der Waals surface area (Å²) in [6.07, 6.45) is 1.89. The number of hydrogen-bond acceptors (Lipinski definition) is 12. The first-order chi connectivity index (χ1) is 14.7. The zero-order valence-corrected chi connectivity index (χ0v) is 25.6. The van der Waals surface area contributed by atoms with E-state index < -0.39 is 20.2 Å². The summed E-state index contributed by atoms with van der Waals surface area (Å²) in [5, 5.41) is 0. The molecule has 0 aliphatic rings. The Morgan fingerprint density at radius 1 is 0.529 bits per heavy atom. The van der Waals surface area contributed by atoms with Crippen LogP contribution in [0.2, 0.25) is 0 Å². The first kappa shape index (κ1) is 42.4. The molecule has 34 heavy (non-hydrogen) atoms. The van der Waals surface area contributed by atoms with E-state index in [0.29, 0.717) is 13.1 Å². The molecule has 0 heterocycles. The van der Waals surface area contributed by atoms with Gasteiger partial charge in [-0.2, -0.15) is 11.5 Å². The van der Waals surface area contributed by atoms with Crippen molar-refractivity contribution < 1.29 is 58.9 Å². The summed E-state index contributed by atoms with van der Waals surface area (Å²) in [6, 6.07) is 0. The second kappa shape index (κ2) is 24.7. The van der Waals surface area contributed by atoms with Gasteiger partial charge in [-0.3, -0.25) is 0 Å². The number of nitrogens with zero attached hydrogens (tertiary/aromatic N) is 4. The Hall–Kier alpha value is 1.35. The van der Waals surface area contributed by atoms with Gasteiger partial charge < -0.3 is 54.0 Å². The molecule has 0 N–H and O–H groups in total. The van der Waals surface area contributed by atoms with Gasteiger partial charge in [-0.05, 0) is 80.3 Å². The predicted octanol–water partition coefficient (Wildman–Crippen LogP) is -1.34. The number of hydrogen-bond donors (Lipinski definition) is 0. The molecule has 16 heteroatoms. The molecule has 0 aromatic heterocycles. The summed E-state index contributed by atoms with van der Waals surface area (Å²) in [6.45, 7) is 5.85. The monoisotopic (exact) mass is 652 g/mol. The van der Waals surface area contributed by atoms with Crippen molar-refractivity contribution in [3.63, 3.8) is 0 Å². The second-order valence-corrected chi connectivity index (χ2v) is 11.7. The standard InChI is InChI=1S/2C9H22N2O3S2.2Ni/c2*1-10(6-8-15)4-3-5-11(2)7-9-16(12,13)14;;/h2*15H,3-9H2,1-2H3,(H,12,13,14);;/q;;2*+2/p-4. The van der Waals surface area contributed by atoms with Crippen LogP contribution in [0.4, 0.5) is 0 Å². The minimum absolute atomic E-state index is 0. The Morgan fingerprint density at radius 2 is 0.765 bits per heavy atom. The molecule has 0 rings (SSSR count). The quantitative estimate of drug-likeness (QED) is 0.0987. The fourth-order valence-electron chi connectivity index (χ4n) is 2.52. The van der Waals surface area contributed by atoms with E-state index in [1.54, 1.807) is 0 Å². The van der Waals surface area contributed by atoms with E-state index in [4.69, 9.17) is 25.3 Å². The second-order valence-electron chi connectivity index (χ2n) is 7.85. The van der Waals surface area contributed by atoms with Gasteiger partial charge >= 0.3 is 33.0 Å². The summed E-state index contributed by atoms with van der Waals surface area (Å²) < 4.78 is 62.4. The minimum atomic E-state index is -4.09. The van der Waals surface area contributed by atoms with Crippen molar-refractivity contribution in [2.24, 2.45) is 0 Å². The van der Waals surface area contributed by atoms with E-state index in [0.717, 1.165) is 63.6 Å². The maximum atomic E-state index is 10.4. The van der Waals surface area contributed by atoms with Crippen LogP contribution in [0.25, 0.3) is 0 Å². The van der Waals surface area contributed by atoms with Gasteiger partial charge in [0.05, 0.1) is 31.7 Å². The molecule has 0 aliphatic carbocycles. The van der Waals surface area contributed by atoms with Crippen LogP contribution in [-0.4, -0.2) is 149 Å². The van der Waals surface area contributed by atoms with Gasteiger partial charge in [0.1, 0.15) is 0 Å². The van der Waals surface area contributed by atoms with E-state index in [1.807, 2.05) is 38.0 Å². The predicted molar refractivity (Wildman–Crippen MR) is 133 cm³/mol. The summed E-state index contributed by atoms with van der Waals surface area (Å²) in [7, 11) is -0.518. The molecule has 212 valence electrons. The van der Waals surface area contributed by atoms with E-state index in [9.17, 15) is 25.9 Å². The van der Waals surface area contributed by atoms with E-state index >= 15 is 0 Å². The van der Waals surface area contributed by atoms with Gasteiger partial charge in [0.25, 0.3) is 0 Å². The molecule has 0 aromatic carbocycles. The van der Waals surface area contributed by atoms with Crippen molar-refractivity contribution in [3.05, 3.63) is 0 Å². The molecule has 0 unspecified atom stereocenters. The van der Waals surface area contributed by atoms with Crippen molar-refractivity contribution >= 4 is 45.5 Å². The topological polar surface area (TPSA) is 127 Å². The molecule has 0 aromatic rings. The third-order valence-corrected chi connectivity index (χ3v) is 6.28. The summed E-state index contributed by atoms with van der Waals surface area (Å²) in [5.41, 5.74) is 0. The molecular weight excluding hydrogens is 614 g/mol. The molecule has 0 saturated carbocycles. The SMILES string of the molecule is CN(CC[S-])CCCN(C)CCS(=O)(=O)[O-].CN(CC[S-])CCCN(C)CCS(=O)(=O)[O-].[Ni+2].[Ni+2]. The minimum Gasteiger partial charge on any atom is -0.791 e. The Labute approximate surface area is 239 Å². The van der Waals surface area contributed by atoms with Crippen LogP contribution >= 0.6 is 0 Å². The first-order valence-electron chi connectivity index (χ1n) is 10.5. The molecule has 0 radical (unpaired) electrons. The van der Waals surface area contributed by atoms with Crippen LogP contribution in [-0.2, 0) is 78.5 Å². The van der Waals surface area contributed by atoms with Crippen LogP contribution in [0, 0.1) is 0 Å². The van der Waals surface area contributed by atoms with Crippen LogP contribution in [0.1, 0.15) is 12.8 Å². The third kappa shape index (κ3) is 35.5. The normalized spacial score (nSPS) is 11.9. The average molecular weight is 654 g/mol. The van der Waals surface area contributed by atoms with E-state index in [-0.39, 0.29) is 44.5 Å². The van der Waals surface area contributed by atoms with Gasteiger partial charge in [-0.1, -0.05) is 0 Å². The molecule has 0 spiro atoms. The smallest absolute Gasteiger partial charge is 0.791 e. The summed E-state index contributed by atoms with van der Waals surface area (Å²) in [5.74, 6) is 0.818. The fraction of sp³-hybridized carbons (Fsp3) is 1.00. The zero-order valence-electron chi connectivity index (χ0n) is 20.4. The molecule has 0 bridgehead atoms. The third-order valence-electron chi connectivity index (χ3n) is 4.55. The van der Waals surface area contributed by atoms with Crippen molar-refractivity contribution in [1.29, 1.82) is 0 Å². The summed E-state index contributed by atoms with van der Waals surface area (Å²) >= 11 is 9.72. The van der Waals surface area contributed by atoms with Crippen molar-refractivity contribution in [2.45, 2.75) is 12.8 Å². The van der Waals surface area contributed by atoms with E-state index in [2.05, 4.69) is 9.80 Å². The Kier molecular flexibility index (Phi) is 30.8. The van der Waals surface area contributed by atoms with Gasteiger partial charge in [0.2, 0.25) is 0 Å².